The molecule has 0 amide bonds. The third-order valence-electron chi connectivity index (χ3n) is 3.01. The van der Waals surface area contributed by atoms with Gasteiger partial charge >= 0.3 is 0 Å². The zero-order chi connectivity index (χ0) is 12.6. The van der Waals surface area contributed by atoms with Crippen LogP contribution >= 0.6 is 0 Å². The first-order valence-corrected chi connectivity index (χ1v) is 6.18. The minimum atomic E-state index is 0.253. The zero-order valence-corrected chi connectivity index (χ0v) is 11.4. The lowest BCUT2D eigenvalue weighted by Gasteiger charge is -2.25. The van der Waals surface area contributed by atoms with Gasteiger partial charge in [-0.2, -0.15) is 0 Å². The molecule has 0 bridgehead atoms. The molecule has 2 unspecified atom stereocenters. The second kappa shape index (κ2) is 8.54. The van der Waals surface area contributed by atoms with E-state index in [1.807, 2.05) is 7.05 Å². The maximum absolute atomic E-state index is 9.13. The first-order chi connectivity index (χ1) is 7.56. The number of hydrogen-bond donors (Lipinski definition) is 2. The molecule has 0 aliphatic heterocycles. The van der Waals surface area contributed by atoms with E-state index in [0.29, 0.717) is 12.0 Å². The molecule has 0 aromatic rings. The highest BCUT2D eigenvalue weighted by molar-refractivity contribution is 5.19. The Labute approximate surface area is 100 Å². The van der Waals surface area contributed by atoms with Gasteiger partial charge in [0.2, 0.25) is 0 Å². The molecule has 0 aromatic heterocycles. The molecule has 0 aromatic carbocycles. The summed E-state index contributed by atoms with van der Waals surface area (Å²) in [6.07, 6.45) is 6.24. The summed E-state index contributed by atoms with van der Waals surface area (Å²) in [7, 11) is 1.98. The summed E-state index contributed by atoms with van der Waals surface area (Å²) in [5.41, 5.74) is 2.72. The van der Waals surface area contributed by atoms with E-state index in [4.69, 9.17) is 5.11 Å². The van der Waals surface area contributed by atoms with E-state index in [2.05, 4.69) is 45.2 Å². The van der Waals surface area contributed by atoms with Gasteiger partial charge in [0.05, 0.1) is 0 Å². The average molecular weight is 225 g/mol. The molecule has 0 aliphatic carbocycles. The van der Waals surface area contributed by atoms with Gasteiger partial charge in [-0.25, -0.2) is 0 Å². The van der Waals surface area contributed by atoms with Crippen molar-refractivity contribution in [3.8, 4) is 0 Å². The fourth-order valence-corrected chi connectivity index (χ4v) is 1.87. The third kappa shape index (κ3) is 5.47. The summed E-state index contributed by atoms with van der Waals surface area (Å²) in [5, 5.41) is 12.4. The lowest BCUT2D eigenvalue weighted by Crippen LogP contribution is -2.32. The maximum Gasteiger partial charge on any atom is 0.0437 e. The van der Waals surface area contributed by atoms with Crippen LogP contribution in [0.3, 0.4) is 0 Å². The average Bonchev–Trinajstić information content (AvgIpc) is 2.27. The smallest absolute Gasteiger partial charge is 0.0437 e. The van der Waals surface area contributed by atoms with Crippen LogP contribution in [0, 0.1) is 5.92 Å². The van der Waals surface area contributed by atoms with Gasteiger partial charge in [-0.3, -0.25) is 0 Å². The summed E-state index contributed by atoms with van der Waals surface area (Å²) in [6.45, 7) is 8.81. The molecule has 94 valence electrons. The van der Waals surface area contributed by atoms with E-state index in [9.17, 15) is 0 Å². The second-order valence-electron chi connectivity index (χ2n) is 4.54. The quantitative estimate of drug-likeness (QED) is 0.653. The van der Waals surface area contributed by atoms with Crippen LogP contribution in [0.1, 0.15) is 40.5 Å². The maximum atomic E-state index is 9.13. The van der Waals surface area contributed by atoms with E-state index >= 15 is 0 Å². The van der Waals surface area contributed by atoms with Crippen LogP contribution in [0.2, 0.25) is 0 Å². The summed E-state index contributed by atoms with van der Waals surface area (Å²) >= 11 is 0. The summed E-state index contributed by atoms with van der Waals surface area (Å²) in [5.74, 6) is 0.426. The van der Waals surface area contributed by atoms with Crippen molar-refractivity contribution >= 4 is 0 Å². The summed E-state index contributed by atoms with van der Waals surface area (Å²) in [4.78, 5) is 0. The van der Waals surface area contributed by atoms with Crippen LogP contribution in [0.4, 0.5) is 0 Å². The third-order valence-corrected chi connectivity index (χ3v) is 3.01. The largest absolute Gasteiger partial charge is 0.396 e. The van der Waals surface area contributed by atoms with E-state index in [1.54, 1.807) is 0 Å². The van der Waals surface area contributed by atoms with E-state index < -0.39 is 0 Å². The highest BCUT2D eigenvalue weighted by atomic mass is 16.3. The number of aliphatic hydroxyl groups excluding tert-OH is 1. The molecular weight excluding hydrogens is 198 g/mol. The van der Waals surface area contributed by atoms with Gasteiger partial charge in [-0.15, -0.1) is 0 Å². The Hall–Kier alpha value is -0.600. The second-order valence-corrected chi connectivity index (χ2v) is 4.54. The van der Waals surface area contributed by atoms with Crippen molar-refractivity contribution in [2.24, 2.45) is 5.92 Å². The Balaban J connectivity index is 4.83. The van der Waals surface area contributed by atoms with Crippen molar-refractivity contribution in [3.05, 3.63) is 23.3 Å². The molecule has 2 nitrogen and oxygen atoms in total. The van der Waals surface area contributed by atoms with Crippen molar-refractivity contribution in [3.63, 3.8) is 0 Å². The first kappa shape index (κ1) is 15.4. The van der Waals surface area contributed by atoms with E-state index in [1.165, 1.54) is 11.1 Å². The van der Waals surface area contributed by atoms with Crippen LogP contribution in [0.25, 0.3) is 0 Å². The number of hydrogen-bond acceptors (Lipinski definition) is 2. The zero-order valence-electron chi connectivity index (χ0n) is 11.4. The number of rotatable bonds is 7. The monoisotopic (exact) mass is 225 g/mol. The molecule has 0 saturated carbocycles. The molecule has 0 aliphatic rings. The molecule has 2 N–H and O–H groups in total. The first-order valence-electron chi connectivity index (χ1n) is 6.18. The van der Waals surface area contributed by atoms with Crippen molar-refractivity contribution in [2.45, 2.75) is 46.6 Å². The Kier molecular flexibility index (Phi) is 8.22. The molecule has 0 spiro atoms. The number of aliphatic hydroxyl groups is 1. The van der Waals surface area contributed by atoms with Crippen LogP contribution in [0.15, 0.2) is 23.3 Å². The molecule has 0 radical (unpaired) electrons. The van der Waals surface area contributed by atoms with E-state index in [0.717, 1.165) is 12.8 Å². The predicted octanol–water partition coefficient (Wildman–Crippen LogP) is 2.90. The van der Waals surface area contributed by atoms with Crippen LogP contribution in [0.5, 0.6) is 0 Å². The fraction of sp³-hybridized carbons (Fsp3) is 0.714. The molecule has 16 heavy (non-hydrogen) atoms. The van der Waals surface area contributed by atoms with Gasteiger partial charge < -0.3 is 10.4 Å². The molecule has 2 atom stereocenters. The highest BCUT2D eigenvalue weighted by Gasteiger charge is 2.18. The van der Waals surface area contributed by atoms with Gasteiger partial charge in [0.25, 0.3) is 0 Å². The predicted molar refractivity (Wildman–Crippen MR) is 71.5 cm³/mol. The molecule has 0 rings (SSSR count). The van der Waals surface area contributed by atoms with Crippen molar-refractivity contribution < 1.29 is 5.11 Å². The van der Waals surface area contributed by atoms with Crippen LogP contribution in [-0.4, -0.2) is 24.8 Å². The summed E-state index contributed by atoms with van der Waals surface area (Å²) < 4.78 is 0. The Bertz CT molecular complexity index is 239. The van der Waals surface area contributed by atoms with E-state index in [-0.39, 0.29) is 6.61 Å². The van der Waals surface area contributed by atoms with Crippen LogP contribution in [-0.2, 0) is 0 Å². The fourth-order valence-electron chi connectivity index (χ4n) is 1.87. The summed E-state index contributed by atoms with van der Waals surface area (Å²) in [6, 6.07) is 0.406. The lowest BCUT2D eigenvalue weighted by atomic mass is 9.87. The Morgan fingerprint density at radius 1 is 1.31 bits per heavy atom. The topological polar surface area (TPSA) is 32.3 Å². The molecule has 0 heterocycles. The Morgan fingerprint density at radius 2 is 1.94 bits per heavy atom. The standard InChI is InChI=1S/C14H27NO/c1-6-13(8-7-11(2)3)14(9-10-16)12(4)15-5/h7-8,12,14-16H,6,9-10H2,1-5H3/b13-8+. The molecular formula is C14H27NO. The van der Waals surface area contributed by atoms with Gasteiger partial charge in [0, 0.05) is 12.6 Å². The molecule has 0 saturated heterocycles. The lowest BCUT2D eigenvalue weighted by molar-refractivity contribution is 0.250. The number of allylic oxidation sites excluding steroid dienone is 3. The van der Waals surface area contributed by atoms with Crippen molar-refractivity contribution in [1.29, 1.82) is 0 Å². The highest BCUT2D eigenvalue weighted by Crippen LogP contribution is 2.22. The molecule has 2 heteroatoms. The van der Waals surface area contributed by atoms with Crippen molar-refractivity contribution in [1.82, 2.24) is 5.32 Å². The molecule has 0 fully saturated rings. The minimum Gasteiger partial charge on any atom is -0.396 e. The van der Waals surface area contributed by atoms with Gasteiger partial charge in [-0.1, -0.05) is 30.2 Å². The van der Waals surface area contributed by atoms with Crippen LogP contribution < -0.4 is 5.32 Å². The van der Waals surface area contributed by atoms with Gasteiger partial charge in [0.15, 0.2) is 0 Å². The number of nitrogens with one attached hydrogen (secondary N) is 1. The Morgan fingerprint density at radius 3 is 2.31 bits per heavy atom. The minimum absolute atomic E-state index is 0.253. The van der Waals surface area contributed by atoms with Crippen molar-refractivity contribution in [2.75, 3.05) is 13.7 Å². The van der Waals surface area contributed by atoms with Gasteiger partial charge in [0.1, 0.15) is 0 Å². The SMILES string of the molecule is CC/C(=C\C=C(C)C)C(CCO)C(C)NC. The van der Waals surface area contributed by atoms with Gasteiger partial charge in [-0.05, 0) is 46.6 Å². The normalized spacial score (nSPS) is 15.8.